The lowest BCUT2D eigenvalue weighted by atomic mass is 10.1. The normalized spacial score (nSPS) is 23.0. The summed E-state index contributed by atoms with van der Waals surface area (Å²) in [6.07, 6.45) is 3.43. The van der Waals surface area contributed by atoms with Gasteiger partial charge in [0.25, 0.3) is 0 Å². The fourth-order valence-corrected chi connectivity index (χ4v) is 2.17. The van der Waals surface area contributed by atoms with E-state index in [2.05, 4.69) is 10.2 Å². The average molecular weight is 226 g/mol. The van der Waals surface area contributed by atoms with Crippen molar-refractivity contribution < 1.29 is 14.7 Å². The van der Waals surface area contributed by atoms with E-state index in [1.165, 1.54) is 12.8 Å². The van der Waals surface area contributed by atoms with Gasteiger partial charge in [-0.15, -0.1) is 0 Å². The molecule has 90 valence electrons. The largest absolute Gasteiger partial charge is 0.480 e. The van der Waals surface area contributed by atoms with Gasteiger partial charge in [0.15, 0.2) is 0 Å². The quantitative estimate of drug-likeness (QED) is 0.651. The van der Waals surface area contributed by atoms with Gasteiger partial charge < -0.3 is 15.3 Å². The summed E-state index contributed by atoms with van der Waals surface area (Å²) in [6.45, 7) is 3.59. The first-order chi connectivity index (χ1) is 7.65. The van der Waals surface area contributed by atoms with Crippen LogP contribution in [0.1, 0.15) is 25.7 Å². The van der Waals surface area contributed by atoms with E-state index in [0.717, 1.165) is 19.6 Å². The zero-order valence-corrected chi connectivity index (χ0v) is 9.37. The minimum absolute atomic E-state index is 0.306. The van der Waals surface area contributed by atoms with E-state index in [4.69, 9.17) is 5.11 Å². The third-order valence-electron chi connectivity index (χ3n) is 3.51. The molecule has 5 heteroatoms. The van der Waals surface area contributed by atoms with Crippen LogP contribution in [0.25, 0.3) is 0 Å². The number of aliphatic carboxylic acids is 1. The molecule has 16 heavy (non-hydrogen) atoms. The lowest BCUT2D eigenvalue weighted by molar-refractivity contribution is -0.149. The summed E-state index contributed by atoms with van der Waals surface area (Å²) in [5, 5.41) is 11.6. The molecule has 0 aromatic rings. The van der Waals surface area contributed by atoms with E-state index in [1.807, 2.05) is 0 Å². The molecule has 0 unspecified atom stereocenters. The highest BCUT2D eigenvalue weighted by molar-refractivity contribution is 6.04. The smallest absolute Gasteiger partial charge is 0.319 e. The molecule has 2 fully saturated rings. The second kappa shape index (κ2) is 4.41. The van der Waals surface area contributed by atoms with Crippen LogP contribution < -0.4 is 5.32 Å². The maximum absolute atomic E-state index is 11.6. The number of carboxylic acid groups (broad SMARTS) is 1. The van der Waals surface area contributed by atoms with Crippen LogP contribution in [-0.4, -0.2) is 48.1 Å². The number of rotatable bonds is 5. The molecule has 5 nitrogen and oxygen atoms in total. The molecule has 2 rings (SSSR count). The van der Waals surface area contributed by atoms with Gasteiger partial charge in [-0.25, -0.2) is 0 Å². The van der Waals surface area contributed by atoms with E-state index in [1.54, 1.807) is 0 Å². The molecular formula is C11H18N2O3. The lowest BCUT2D eigenvalue weighted by Crippen LogP contribution is -2.40. The molecule has 0 aromatic carbocycles. The molecule has 0 spiro atoms. The van der Waals surface area contributed by atoms with Gasteiger partial charge in [0, 0.05) is 13.1 Å². The van der Waals surface area contributed by atoms with Gasteiger partial charge in [-0.05, 0) is 38.8 Å². The van der Waals surface area contributed by atoms with Crippen molar-refractivity contribution in [3.63, 3.8) is 0 Å². The molecule has 1 saturated heterocycles. The first kappa shape index (κ1) is 11.4. The van der Waals surface area contributed by atoms with Crippen LogP contribution in [0, 0.1) is 5.41 Å². The van der Waals surface area contributed by atoms with Crippen LogP contribution in [0.5, 0.6) is 0 Å². The highest BCUT2D eigenvalue weighted by Gasteiger charge is 2.56. The van der Waals surface area contributed by atoms with E-state index in [0.29, 0.717) is 19.4 Å². The molecule has 1 aliphatic heterocycles. The van der Waals surface area contributed by atoms with E-state index in [9.17, 15) is 9.59 Å². The van der Waals surface area contributed by atoms with E-state index < -0.39 is 11.4 Å². The number of amides is 1. The molecular weight excluding hydrogens is 208 g/mol. The minimum Gasteiger partial charge on any atom is -0.480 e. The van der Waals surface area contributed by atoms with Crippen LogP contribution in [-0.2, 0) is 9.59 Å². The van der Waals surface area contributed by atoms with Gasteiger partial charge in [0.05, 0.1) is 0 Å². The van der Waals surface area contributed by atoms with Crippen LogP contribution in [0.15, 0.2) is 0 Å². The van der Waals surface area contributed by atoms with Crippen molar-refractivity contribution in [2.45, 2.75) is 25.7 Å². The first-order valence-electron chi connectivity index (χ1n) is 5.89. The molecule has 1 heterocycles. The fourth-order valence-electron chi connectivity index (χ4n) is 2.17. The van der Waals surface area contributed by atoms with Gasteiger partial charge in [0.2, 0.25) is 5.91 Å². The summed E-state index contributed by atoms with van der Waals surface area (Å²) >= 11 is 0. The Bertz CT molecular complexity index is 294. The zero-order chi connectivity index (χ0) is 11.6. The minimum atomic E-state index is -1.09. The molecule has 1 aliphatic carbocycles. The van der Waals surface area contributed by atoms with Crippen molar-refractivity contribution in [3.8, 4) is 0 Å². The molecule has 2 aliphatic rings. The maximum atomic E-state index is 11.6. The van der Waals surface area contributed by atoms with E-state index >= 15 is 0 Å². The summed E-state index contributed by atoms with van der Waals surface area (Å²) in [5.41, 5.74) is -1.09. The standard InChI is InChI=1S/C11H18N2O3/c14-9(11(3-4-11)10(15)16)12-5-8-13-6-1-2-7-13/h1-8H2,(H,12,14)(H,15,16). The second-order valence-corrected chi connectivity index (χ2v) is 4.69. The molecule has 0 bridgehead atoms. The monoisotopic (exact) mass is 226 g/mol. The number of carbonyl (C=O) groups excluding carboxylic acids is 1. The Kier molecular flexibility index (Phi) is 3.14. The van der Waals surface area contributed by atoms with Crippen LogP contribution >= 0.6 is 0 Å². The SMILES string of the molecule is O=C(O)C1(C(=O)NCCN2CCCC2)CC1. The van der Waals surface area contributed by atoms with Crippen molar-refractivity contribution in [1.29, 1.82) is 0 Å². The van der Waals surface area contributed by atoms with Gasteiger partial charge in [-0.3, -0.25) is 9.59 Å². The molecule has 1 saturated carbocycles. The van der Waals surface area contributed by atoms with Crippen molar-refractivity contribution in [2.75, 3.05) is 26.2 Å². The van der Waals surface area contributed by atoms with Crippen molar-refractivity contribution in [3.05, 3.63) is 0 Å². The summed E-state index contributed by atoms with van der Waals surface area (Å²) in [6, 6.07) is 0. The van der Waals surface area contributed by atoms with Gasteiger partial charge in [-0.1, -0.05) is 0 Å². The van der Waals surface area contributed by atoms with Gasteiger partial charge >= 0.3 is 5.97 Å². The Morgan fingerprint density at radius 2 is 1.88 bits per heavy atom. The van der Waals surface area contributed by atoms with E-state index in [-0.39, 0.29) is 5.91 Å². The van der Waals surface area contributed by atoms with Crippen LogP contribution in [0.3, 0.4) is 0 Å². The van der Waals surface area contributed by atoms with Crippen LogP contribution in [0.4, 0.5) is 0 Å². The third kappa shape index (κ3) is 2.19. The highest BCUT2D eigenvalue weighted by atomic mass is 16.4. The summed E-state index contributed by atoms with van der Waals surface area (Å²) in [7, 11) is 0. The predicted molar refractivity (Wildman–Crippen MR) is 58.0 cm³/mol. The highest BCUT2D eigenvalue weighted by Crippen LogP contribution is 2.45. The number of carboxylic acids is 1. The Hall–Kier alpha value is -1.10. The lowest BCUT2D eigenvalue weighted by Gasteiger charge is -2.16. The number of nitrogens with one attached hydrogen (secondary N) is 1. The maximum Gasteiger partial charge on any atom is 0.319 e. The van der Waals surface area contributed by atoms with Gasteiger partial charge in [-0.2, -0.15) is 0 Å². The number of hydrogen-bond donors (Lipinski definition) is 2. The summed E-state index contributed by atoms with van der Waals surface area (Å²) in [5.74, 6) is -1.29. The number of nitrogens with zero attached hydrogens (tertiary/aromatic N) is 1. The van der Waals surface area contributed by atoms with Crippen molar-refractivity contribution in [1.82, 2.24) is 10.2 Å². The van der Waals surface area contributed by atoms with Gasteiger partial charge in [0.1, 0.15) is 5.41 Å². The summed E-state index contributed by atoms with van der Waals surface area (Å²) < 4.78 is 0. The Morgan fingerprint density at radius 1 is 1.25 bits per heavy atom. The topological polar surface area (TPSA) is 69.6 Å². The Balaban J connectivity index is 1.70. The number of carbonyl (C=O) groups is 2. The molecule has 0 radical (unpaired) electrons. The number of hydrogen-bond acceptors (Lipinski definition) is 3. The predicted octanol–water partition coefficient (Wildman–Crippen LogP) is 0.0632. The van der Waals surface area contributed by atoms with Crippen molar-refractivity contribution >= 4 is 11.9 Å². The Morgan fingerprint density at radius 3 is 2.38 bits per heavy atom. The fraction of sp³-hybridized carbons (Fsp3) is 0.818. The molecule has 2 N–H and O–H groups in total. The Labute approximate surface area is 94.8 Å². The molecule has 0 atom stereocenters. The average Bonchev–Trinajstić information content (AvgIpc) is 2.92. The van der Waals surface area contributed by atoms with Crippen molar-refractivity contribution in [2.24, 2.45) is 5.41 Å². The summed E-state index contributed by atoms with van der Waals surface area (Å²) in [4.78, 5) is 24.8. The van der Waals surface area contributed by atoms with Crippen LogP contribution in [0.2, 0.25) is 0 Å². The third-order valence-corrected chi connectivity index (χ3v) is 3.51. The molecule has 0 aromatic heterocycles. The zero-order valence-electron chi connectivity index (χ0n) is 9.37. The second-order valence-electron chi connectivity index (χ2n) is 4.69. The number of likely N-dealkylation sites (tertiary alicyclic amines) is 1. The molecule has 1 amide bonds. The first-order valence-corrected chi connectivity index (χ1v) is 5.89.